The van der Waals surface area contributed by atoms with E-state index in [1.807, 2.05) is 24.8 Å². The van der Waals surface area contributed by atoms with Crippen LogP contribution in [0.15, 0.2) is 35.6 Å². The highest BCUT2D eigenvalue weighted by Gasteiger charge is 2.28. The third-order valence-corrected chi connectivity index (χ3v) is 4.89. The molecule has 0 aromatic carbocycles. The van der Waals surface area contributed by atoms with Gasteiger partial charge in [0.25, 0.3) is 5.91 Å². The molecule has 8 heteroatoms. The molecule has 0 bridgehead atoms. The molecule has 1 aliphatic rings. The van der Waals surface area contributed by atoms with Crippen molar-refractivity contribution in [2.45, 2.75) is 26.7 Å². The molecule has 3 aromatic heterocycles. The third-order valence-electron chi connectivity index (χ3n) is 4.89. The quantitative estimate of drug-likeness (QED) is 0.700. The molecule has 0 radical (unpaired) electrons. The highest BCUT2D eigenvalue weighted by atomic mass is 16.5. The second-order valence-corrected chi connectivity index (χ2v) is 6.83. The number of likely N-dealkylation sites (tertiary alicyclic amines) is 1. The maximum Gasteiger partial charge on any atom is 0.256 e. The molecule has 0 spiro atoms. The second kappa shape index (κ2) is 7.22. The van der Waals surface area contributed by atoms with Gasteiger partial charge in [-0.1, -0.05) is 5.16 Å². The first-order valence-electron chi connectivity index (χ1n) is 8.90. The standard InChI is InChI=1S/C19H20N6O2/c1-12-18(13(2)27-24-12)17-6-16(22-11-23-17)5-14-3-4-25(9-14)19(26)15-7-20-10-21-8-15/h6-8,10-11,14H,3-5,9H2,1-2H3/t14-/m1/s1. The highest BCUT2D eigenvalue weighted by molar-refractivity contribution is 5.93. The number of aryl methyl sites for hydroxylation is 2. The maximum absolute atomic E-state index is 12.5. The minimum Gasteiger partial charge on any atom is -0.361 e. The van der Waals surface area contributed by atoms with Crippen LogP contribution in [0.3, 0.4) is 0 Å². The molecule has 1 atom stereocenters. The predicted octanol–water partition coefficient (Wildman–Crippen LogP) is 2.24. The van der Waals surface area contributed by atoms with Crippen LogP contribution in [-0.2, 0) is 6.42 Å². The third kappa shape index (κ3) is 3.55. The normalized spacial score (nSPS) is 16.7. The monoisotopic (exact) mass is 364 g/mol. The minimum atomic E-state index is -0.0165. The predicted molar refractivity (Wildman–Crippen MR) is 96.7 cm³/mol. The molecule has 0 saturated carbocycles. The first-order chi connectivity index (χ1) is 13.1. The van der Waals surface area contributed by atoms with Gasteiger partial charge in [0.1, 0.15) is 18.4 Å². The van der Waals surface area contributed by atoms with E-state index in [0.29, 0.717) is 18.0 Å². The van der Waals surface area contributed by atoms with Gasteiger partial charge in [-0.2, -0.15) is 0 Å². The Morgan fingerprint density at radius 2 is 2.04 bits per heavy atom. The lowest BCUT2D eigenvalue weighted by Gasteiger charge is -2.16. The summed E-state index contributed by atoms with van der Waals surface area (Å²) >= 11 is 0. The molecule has 27 heavy (non-hydrogen) atoms. The van der Waals surface area contributed by atoms with Crippen LogP contribution in [0.5, 0.6) is 0 Å². The topological polar surface area (TPSA) is 97.9 Å². The summed E-state index contributed by atoms with van der Waals surface area (Å²) in [5.74, 6) is 1.10. The van der Waals surface area contributed by atoms with Crippen molar-refractivity contribution in [2.24, 2.45) is 5.92 Å². The van der Waals surface area contributed by atoms with E-state index in [4.69, 9.17) is 4.52 Å². The van der Waals surface area contributed by atoms with Crippen molar-refractivity contribution in [3.63, 3.8) is 0 Å². The molecule has 1 fully saturated rings. The zero-order chi connectivity index (χ0) is 18.8. The van der Waals surface area contributed by atoms with Crippen molar-refractivity contribution in [3.8, 4) is 11.3 Å². The van der Waals surface area contributed by atoms with Gasteiger partial charge in [-0.25, -0.2) is 19.9 Å². The van der Waals surface area contributed by atoms with Crippen molar-refractivity contribution < 1.29 is 9.32 Å². The summed E-state index contributed by atoms with van der Waals surface area (Å²) in [5.41, 5.74) is 4.05. The van der Waals surface area contributed by atoms with Gasteiger partial charge in [-0.15, -0.1) is 0 Å². The number of hydrogen-bond acceptors (Lipinski definition) is 7. The van der Waals surface area contributed by atoms with E-state index in [1.54, 1.807) is 18.7 Å². The molecule has 1 amide bonds. The van der Waals surface area contributed by atoms with Crippen molar-refractivity contribution >= 4 is 5.91 Å². The number of carbonyl (C=O) groups excluding carboxylic acids is 1. The summed E-state index contributed by atoms with van der Waals surface area (Å²) in [6, 6.07) is 1.99. The molecular weight excluding hydrogens is 344 g/mol. The number of hydrogen-bond donors (Lipinski definition) is 0. The zero-order valence-electron chi connectivity index (χ0n) is 15.3. The molecule has 4 rings (SSSR count). The average Bonchev–Trinajstić information content (AvgIpc) is 3.28. The Labute approximate surface area is 156 Å². The zero-order valence-corrected chi connectivity index (χ0v) is 15.3. The van der Waals surface area contributed by atoms with Crippen LogP contribution < -0.4 is 0 Å². The number of nitrogens with zero attached hydrogens (tertiary/aromatic N) is 6. The van der Waals surface area contributed by atoms with Gasteiger partial charge in [0.05, 0.1) is 22.5 Å². The summed E-state index contributed by atoms with van der Waals surface area (Å²) in [7, 11) is 0. The SMILES string of the molecule is Cc1noc(C)c1-c1cc(C[C@H]2CCN(C(=O)c3cncnc3)C2)ncn1. The van der Waals surface area contributed by atoms with Crippen LogP contribution in [0.1, 0.15) is 33.9 Å². The lowest BCUT2D eigenvalue weighted by molar-refractivity contribution is 0.0786. The Morgan fingerprint density at radius 1 is 1.22 bits per heavy atom. The van der Waals surface area contributed by atoms with E-state index in [-0.39, 0.29) is 5.91 Å². The van der Waals surface area contributed by atoms with E-state index in [2.05, 4.69) is 25.1 Å². The van der Waals surface area contributed by atoms with Gasteiger partial charge >= 0.3 is 0 Å². The lowest BCUT2D eigenvalue weighted by atomic mass is 10.0. The van der Waals surface area contributed by atoms with Crippen LogP contribution in [0.4, 0.5) is 0 Å². The first-order valence-corrected chi connectivity index (χ1v) is 8.90. The Hall–Kier alpha value is -3.16. The molecule has 138 valence electrons. The lowest BCUT2D eigenvalue weighted by Crippen LogP contribution is -2.29. The molecule has 3 aromatic rings. The Kier molecular flexibility index (Phi) is 4.62. The van der Waals surface area contributed by atoms with Crippen LogP contribution in [0, 0.1) is 19.8 Å². The van der Waals surface area contributed by atoms with Crippen molar-refractivity contribution in [2.75, 3.05) is 13.1 Å². The smallest absolute Gasteiger partial charge is 0.256 e. The Balaban J connectivity index is 1.45. The Morgan fingerprint density at radius 3 is 2.78 bits per heavy atom. The van der Waals surface area contributed by atoms with E-state index < -0.39 is 0 Å². The van der Waals surface area contributed by atoms with E-state index in [9.17, 15) is 4.79 Å². The van der Waals surface area contributed by atoms with Crippen molar-refractivity contribution in [3.05, 3.63) is 53.8 Å². The number of carbonyl (C=O) groups is 1. The summed E-state index contributed by atoms with van der Waals surface area (Å²) < 4.78 is 5.24. The van der Waals surface area contributed by atoms with Gasteiger partial charge in [0.2, 0.25) is 0 Å². The fourth-order valence-corrected chi connectivity index (χ4v) is 3.57. The molecule has 1 aliphatic heterocycles. The van der Waals surface area contributed by atoms with E-state index in [1.165, 1.54) is 6.33 Å². The van der Waals surface area contributed by atoms with Crippen molar-refractivity contribution in [1.29, 1.82) is 0 Å². The molecule has 1 saturated heterocycles. The molecule has 4 heterocycles. The van der Waals surface area contributed by atoms with Gasteiger partial charge in [-0.05, 0) is 38.7 Å². The summed E-state index contributed by atoms with van der Waals surface area (Å²) in [5, 5.41) is 3.99. The van der Waals surface area contributed by atoms with Gasteiger partial charge < -0.3 is 9.42 Å². The van der Waals surface area contributed by atoms with Crippen LogP contribution in [0.25, 0.3) is 11.3 Å². The van der Waals surface area contributed by atoms with Crippen LogP contribution in [0.2, 0.25) is 0 Å². The molecular formula is C19H20N6O2. The molecule has 8 nitrogen and oxygen atoms in total. The van der Waals surface area contributed by atoms with E-state index in [0.717, 1.165) is 47.8 Å². The highest BCUT2D eigenvalue weighted by Crippen LogP contribution is 2.27. The maximum atomic E-state index is 12.5. The van der Waals surface area contributed by atoms with Crippen molar-refractivity contribution in [1.82, 2.24) is 30.0 Å². The minimum absolute atomic E-state index is 0.0165. The fourth-order valence-electron chi connectivity index (χ4n) is 3.57. The molecule has 0 unspecified atom stereocenters. The second-order valence-electron chi connectivity index (χ2n) is 6.83. The van der Waals surface area contributed by atoms with Crippen LogP contribution >= 0.6 is 0 Å². The molecule has 0 N–H and O–H groups in total. The first kappa shape index (κ1) is 17.3. The van der Waals surface area contributed by atoms with Gasteiger partial charge in [0.15, 0.2) is 0 Å². The molecule has 0 aliphatic carbocycles. The van der Waals surface area contributed by atoms with E-state index >= 15 is 0 Å². The number of amides is 1. The largest absolute Gasteiger partial charge is 0.361 e. The summed E-state index contributed by atoms with van der Waals surface area (Å²) in [6.07, 6.45) is 7.87. The number of aromatic nitrogens is 5. The van der Waals surface area contributed by atoms with Gasteiger partial charge in [-0.3, -0.25) is 4.79 Å². The average molecular weight is 364 g/mol. The van der Waals surface area contributed by atoms with Crippen LogP contribution in [-0.4, -0.2) is 49.0 Å². The van der Waals surface area contributed by atoms with Gasteiger partial charge in [0, 0.05) is 31.2 Å². The fraction of sp³-hybridized carbons (Fsp3) is 0.368. The summed E-state index contributed by atoms with van der Waals surface area (Å²) in [4.78, 5) is 31.0. The Bertz CT molecular complexity index is 936. The summed E-state index contributed by atoms with van der Waals surface area (Å²) in [6.45, 7) is 5.23. The number of rotatable bonds is 4.